The number of aromatic nitrogens is 1. The summed E-state index contributed by atoms with van der Waals surface area (Å²) in [7, 11) is 0. The van der Waals surface area contributed by atoms with Crippen LogP contribution in [0.1, 0.15) is 47.1 Å². The van der Waals surface area contributed by atoms with E-state index in [2.05, 4.69) is 26.2 Å². The van der Waals surface area contributed by atoms with Crippen LogP contribution < -0.4 is 5.32 Å². The third kappa shape index (κ3) is 4.89. The first-order valence-electron chi connectivity index (χ1n) is 7.42. The van der Waals surface area contributed by atoms with Gasteiger partial charge in [-0.15, -0.1) is 0 Å². The van der Waals surface area contributed by atoms with Gasteiger partial charge in [0, 0.05) is 10.7 Å². The van der Waals surface area contributed by atoms with Gasteiger partial charge in [0.05, 0.1) is 11.1 Å². The molecule has 0 saturated carbocycles. The van der Waals surface area contributed by atoms with Crippen LogP contribution in [0.4, 0.5) is 5.82 Å². The quantitative estimate of drug-likeness (QED) is 0.790. The molecule has 0 radical (unpaired) electrons. The van der Waals surface area contributed by atoms with Crippen molar-refractivity contribution in [1.29, 1.82) is 0 Å². The normalized spacial score (nSPS) is 11.0. The average Bonchev–Trinajstić information content (AvgIpc) is 2.47. The van der Waals surface area contributed by atoms with Crippen LogP contribution in [-0.4, -0.2) is 22.5 Å². The molecule has 1 heterocycles. The molecule has 0 unspecified atom stereocenters. The minimum absolute atomic E-state index is 0.206. The Bertz CT molecular complexity index is 765. The van der Waals surface area contributed by atoms with Crippen LogP contribution in [-0.2, 0) is 4.74 Å². The Morgan fingerprint density at radius 3 is 2.42 bits per heavy atom. The van der Waals surface area contributed by atoms with Gasteiger partial charge in [0.2, 0.25) is 0 Å². The first-order chi connectivity index (χ1) is 11.2. The maximum Gasteiger partial charge on any atom is 0.339 e. The van der Waals surface area contributed by atoms with Crippen LogP contribution in [0.2, 0.25) is 0 Å². The van der Waals surface area contributed by atoms with Gasteiger partial charge in [-0.25, -0.2) is 9.78 Å². The van der Waals surface area contributed by atoms with E-state index in [-0.39, 0.29) is 11.1 Å². The SMILES string of the molecule is Cc1ccc(NC(=O)c2cc(Br)ccc2C(=O)OC(C)(C)C)nc1. The number of hydrogen-bond donors (Lipinski definition) is 1. The van der Waals surface area contributed by atoms with E-state index in [1.807, 2.05) is 13.0 Å². The summed E-state index contributed by atoms with van der Waals surface area (Å²) >= 11 is 3.32. The molecular formula is C18H19BrN2O3. The van der Waals surface area contributed by atoms with E-state index in [1.54, 1.807) is 51.2 Å². The van der Waals surface area contributed by atoms with E-state index in [0.29, 0.717) is 10.3 Å². The second kappa shape index (κ2) is 7.13. The molecule has 6 heteroatoms. The lowest BCUT2D eigenvalue weighted by molar-refractivity contribution is 0.00678. The zero-order valence-electron chi connectivity index (χ0n) is 14.0. The number of carbonyl (C=O) groups is 2. The van der Waals surface area contributed by atoms with E-state index < -0.39 is 17.5 Å². The molecule has 126 valence electrons. The predicted octanol–water partition coefficient (Wildman–Crippen LogP) is 4.36. The van der Waals surface area contributed by atoms with Gasteiger partial charge in [-0.1, -0.05) is 22.0 Å². The zero-order valence-corrected chi connectivity index (χ0v) is 15.6. The second-order valence-corrected chi connectivity index (χ2v) is 7.28. The van der Waals surface area contributed by atoms with Crippen molar-refractivity contribution in [1.82, 2.24) is 4.98 Å². The number of carbonyl (C=O) groups excluding carboxylic acids is 2. The molecule has 1 N–H and O–H groups in total. The lowest BCUT2D eigenvalue weighted by atomic mass is 10.1. The highest BCUT2D eigenvalue weighted by atomic mass is 79.9. The zero-order chi connectivity index (χ0) is 17.9. The van der Waals surface area contributed by atoms with Gasteiger partial charge in [-0.2, -0.15) is 0 Å². The maximum absolute atomic E-state index is 12.6. The van der Waals surface area contributed by atoms with Crippen LogP contribution in [0.15, 0.2) is 41.0 Å². The molecule has 1 aromatic carbocycles. The number of nitrogens with one attached hydrogen (secondary N) is 1. The standard InChI is InChI=1S/C18H19BrN2O3/c1-11-5-8-15(20-10-11)21-16(22)14-9-12(19)6-7-13(14)17(23)24-18(2,3)4/h5-10H,1-4H3,(H,20,21,22). The van der Waals surface area contributed by atoms with Crippen molar-refractivity contribution in [2.45, 2.75) is 33.3 Å². The Balaban J connectivity index is 2.31. The van der Waals surface area contributed by atoms with Crippen molar-refractivity contribution in [2.24, 2.45) is 0 Å². The Hall–Kier alpha value is -2.21. The van der Waals surface area contributed by atoms with Crippen LogP contribution in [0, 0.1) is 6.92 Å². The average molecular weight is 391 g/mol. The summed E-state index contributed by atoms with van der Waals surface area (Å²) in [6, 6.07) is 8.40. The van der Waals surface area contributed by atoms with Gasteiger partial charge < -0.3 is 10.1 Å². The first-order valence-corrected chi connectivity index (χ1v) is 8.22. The van der Waals surface area contributed by atoms with Crippen molar-refractivity contribution in [3.05, 3.63) is 57.7 Å². The number of pyridine rings is 1. The van der Waals surface area contributed by atoms with E-state index in [0.717, 1.165) is 5.56 Å². The van der Waals surface area contributed by atoms with E-state index in [9.17, 15) is 9.59 Å². The Morgan fingerprint density at radius 2 is 1.83 bits per heavy atom. The summed E-state index contributed by atoms with van der Waals surface area (Å²) < 4.78 is 6.06. The Labute approximate surface area is 149 Å². The minimum atomic E-state index is -0.642. The maximum atomic E-state index is 12.6. The van der Waals surface area contributed by atoms with Crippen LogP contribution in [0.3, 0.4) is 0 Å². The summed E-state index contributed by atoms with van der Waals surface area (Å²) in [4.78, 5) is 29.1. The number of aryl methyl sites for hydroxylation is 1. The third-order valence-corrected chi connectivity index (χ3v) is 3.49. The molecule has 1 aromatic heterocycles. The summed E-state index contributed by atoms with van der Waals surface area (Å²) in [5, 5.41) is 2.69. The molecule has 24 heavy (non-hydrogen) atoms. The molecule has 2 rings (SSSR count). The Morgan fingerprint density at radius 1 is 1.12 bits per heavy atom. The Kier molecular flexibility index (Phi) is 5.39. The number of hydrogen-bond acceptors (Lipinski definition) is 4. The number of ether oxygens (including phenoxy) is 1. The topological polar surface area (TPSA) is 68.3 Å². The fourth-order valence-electron chi connectivity index (χ4n) is 1.94. The molecule has 0 aliphatic rings. The molecule has 2 aromatic rings. The van der Waals surface area contributed by atoms with Crippen molar-refractivity contribution >= 4 is 33.6 Å². The number of nitrogens with zero attached hydrogens (tertiary/aromatic N) is 1. The minimum Gasteiger partial charge on any atom is -0.456 e. The number of amides is 1. The van der Waals surface area contributed by atoms with Gasteiger partial charge in [-0.05, 0) is 57.5 Å². The van der Waals surface area contributed by atoms with Crippen molar-refractivity contribution < 1.29 is 14.3 Å². The highest BCUT2D eigenvalue weighted by molar-refractivity contribution is 9.10. The monoisotopic (exact) mass is 390 g/mol. The fourth-order valence-corrected chi connectivity index (χ4v) is 2.30. The fraction of sp³-hybridized carbons (Fsp3) is 0.278. The summed E-state index contributed by atoms with van der Waals surface area (Å²) in [5.74, 6) is -0.550. The van der Waals surface area contributed by atoms with Crippen molar-refractivity contribution in [2.75, 3.05) is 5.32 Å². The molecule has 0 aliphatic carbocycles. The third-order valence-electron chi connectivity index (χ3n) is 3.00. The van der Waals surface area contributed by atoms with Gasteiger partial charge in [0.15, 0.2) is 0 Å². The van der Waals surface area contributed by atoms with Crippen LogP contribution in [0.5, 0.6) is 0 Å². The number of halogens is 1. The highest BCUT2D eigenvalue weighted by Gasteiger charge is 2.23. The molecular weight excluding hydrogens is 372 g/mol. The molecule has 5 nitrogen and oxygen atoms in total. The number of benzene rings is 1. The van der Waals surface area contributed by atoms with Crippen molar-refractivity contribution in [3.8, 4) is 0 Å². The van der Waals surface area contributed by atoms with Gasteiger partial charge in [-0.3, -0.25) is 4.79 Å². The van der Waals surface area contributed by atoms with E-state index >= 15 is 0 Å². The molecule has 0 spiro atoms. The van der Waals surface area contributed by atoms with E-state index in [1.165, 1.54) is 0 Å². The van der Waals surface area contributed by atoms with Gasteiger partial charge in [0.1, 0.15) is 11.4 Å². The summed E-state index contributed by atoms with van der Waals surface area (Å²) in [6.07, 6.45) is 1.66. The number of rotatable bonds is 3. The van der Waals surface area contributed by atoms with Gasteiger partial charge in [0.25, 0.3) is 5.91 Å². The molecule has 0 saturated heterocycles. The molecule has 0 aliphatic heterocycles. The van der Waals surface area contributed by atoms with Gasteiger partial charge >= 0.3 is 5.97 Å². The first kappa shape index (κ1) is 18.1. The van der Waals surface area contributed by atoms with Crippen molar-refractivity contribution in [3.63, 3.8) is 0 Å². The number of esters is 1. The predicted molar refractivity (Wildman–Crippen MR) is 96.2 cm³/mol. The smallest absolute Gasteiger partial charge is 0.339 e. The second-order valence-electron chi connectivity index (χ2n) is 6.37. The van der Waals surface area contributed by atoms with E-state index in [4.69, 9.17) is 4.74 Å². The molecule has 0 fully saturated rings. The van der Waals surface area contributed by atoms with Crippen LogP contribution >= 0.6 is 15.9 Å². The number of anilines is 1. The molecule has 0 atom stereocenters. The van der Waals surface area contributed by atoms with Crippen LogP contribution in [0.25, 0.3) is 0 Å². The summed E-state index contributed by atoms with van der Waals surface area (Å²) in [5.41, 5.74) is 0.778. The molecule has 1 amide bonds. The highest BCUT2D eigenvalue weighted by Crippen LogP contribution is 2.21. The lowest BCUT2D eigenvalue weighted by Crippen LogP contribution is -2.26. The summed E-state index contributed by atoms with van der Waals surface area (Å²) in [6.45, 7) is 7.24. The lowest BCUT2D eigenvalue weighted by Gasteiger charge is -2.20. The molecule has 0 bridgehead atoms. The largest absolute Gasteiger partial charge is 0.456 e.